The number of nitrogens with zero attached hydrogens (tertiary/aromatic N) is 4. The van der Waals surface area contributed by atoms with Gasteiger partial charge in [0, 0.05) is 30.3 Å². The van der Waals surface area contributed by atoms with Crippen LogP contribution < -0.4 is 10.1 Å². The van der Waals surface area contributed by atoms with E-state index in [1.54, 1.807) is 6.07 Å². The molecule has 0 aliphatic rings. The number of carbonyl (C=O) groups excluding carboxylic acids is 1. The topological polar surface area (TPSA) is 69.1 Å². The summed E-state index contributed by atoms with van der Waals surface area (Å²) in [5.74, 6) is -0.493. The van der Waals surface area contributed by atoms with Crippen LogP contribution in [-0.2, 0) is 0 Å². The van der Waals surface area contributed by atoms with Gasteiger partial charge >= 0.3 is 0 Å². The summed E-state index contributed by atoms with van der Waals surface area (Å²) in [6.07, 6.45) is 0. The summed E-state index contributed by atoms with van der Waals surface area (Å²) in [4.78, 5) is 16.3. The van der Waals surface area contributed by atoms with Crippen molar-refractivity contribution in [3.05, 3.63) is 34.2 Å². The molecule has 1 rings (SSSR count). The molecule has 0 N–H and O–H groups in total. The monoisotopic (exact) mass is 248 g/mol. The highest BCUT2D eigenvalue weighted by atomic mass is 28.3. The number of hydrogen-bond donors (Lipinski definition) is 0. The molecule has 1 aromatic rings. The third kappa shape index (κ3) is 2.86. The Balaban J connectivity index is 3.45. The van der Waals surface area contributed by atoms with Gasteiger partial charge < -0.3 is 4.90 Å². The first-order chi connectivity index (χ1) is 7.99. The molecule has 0 aliphatic carbocycles. The zero-order valence-electron chi connectivity index (χ0n) is 10.5. The molecule has 1 amide bonds. The quantitative estimate of drug-likeness (QED) is 0.355. The fraction of sp³-hybridized carbons (Fsp3) is 0.364. The molecule has 0 aliphatic heterocycles. The van der Waals surface area contributed by atoms with Crippen LogP contribution in [0, 0.1) is 0 Å². The normalized spacial score (nSPS) is 9.94. The summed E-state index contributed by atoms with van der Waals surface area (Å²) >= 11 is 0. The third-order valence-corrected chi connectivity index (χ3v) is 4.27. The smallest absolute Gasteiger partial charge is 0.249 e. The van der Waals surface area contributed by atoms with Crippen LogP contribution in [0.2, 0.25) is 13.1 Å². The summed E-state index contributed by atoms with van der Waals surface area (Å²) in [6.45, 7) is 4.30. The van der Waals surface area contributed by atoms with E-state index < -0.39 is 14.7 Å². The minimum absolute atomic E-state index is 0.493. The lowest BCUT2D eigenvalue weighted by molar-refractivity contribution is 0.100. The van der Waals surface area contributed by atoms with Gasteiger partial charge in [-0.3, -0.25) is 4.79 Å². The van der Waals surface area contributed by atoms with Gasteiger partial charge in [0.2, 0.25) is 5.91 Å². The molecule has 0 aromatic heterocycles. The van der Waals surface area contributed by atoms with Gasteiger partial charge in [-0.25, -0.2) is 0 Å². The van der Waals surface area contributed by atoms with E-state index in [1.165, 1.54) is 0 Å². The van der Waals surface area contributed by atoms with Crippen LogP contribution in [0.5, 0.6) is 0 Å². The Morgan fingerprint density at radius 3 is 2.53 bits per heavy atom. The lowest BCUT2D eigenvalue weighted by atomic mass is 10.2. The lowest BCUT2D eigenvalue weighted by Crippen LogP contribution is -2.34. The van der Waals surface area contributed by atoms with Gasteiger partial charge in [0.1, 0.15) is 0 Å². The maximum Gasteiger partial charge on any atom is 0.249 e. The summed E-state index contributed by atoms with van der Waals surface area (Å²) < 4.78 is 0. The number of amides is 1. The van der Waals surface area contributed by atoms with Crippen molar-refractivity contribution in [2.45, 2.75) is 13.1 Å². The van der Waals surface area contributed by atoms with Crippen molar-refractivity contribution in [2.24, 2.45) is 5.11 Å². The van der Waals surface area contributed by atoms with Crippen molar-refractivity contribution in [1.82, 2.24) is 0 Å². The first-order valence-electron chi connectivity index (χ1n) is 5.38. The SMILES string of the molecule is CN(C)c1cccc(C(=O)N=[N+]=[N-])c1[SiH](C)C. The highest BCUT2D eigenvalue weighted by molar-refractivity contribution is 6.73. The Morgan fingerprint density at radius 1 is 1.41 bits per heavy atom. The molecule has 0 unspecified atom stereocenters. The van der Waals surface area contributed by atoms with Crippen LogP contribution >= 0.6 is 0 Å². The second-order valence-corrected chi connectivity index (χ2v) is 7.17. The van der Waals surface area contributed by atoms with Gasteiger partial charge in [0.25, 0.3) is 0 Å². The van der Waals surface area contributed by atoms with E-state index >= 15 is 0 Å². The first kappa shape index (κ1) is 13.3. The third-order valence-electron chi connectivity index (χ3n) is 2.51. The van der Waals surface area contributed by atoms with Crippen LogP contribution in [0.4, 0.5) is 5.69 Å². The van der Waals surface area contributed by atoms with E-state index in [0.29, 0.717) is 5.56 Å². The van der Waals surface area contributed by atoms with E-state index in [9.17, 15) is 4.79 Å². The van der Waals surface area contributed by atoms with Crippen molar-refractivity contribution >= 4 is 25.6 Å². The van der Waals surface area contributed by atoms with Crippen molar-refractivity contribution in [1.29, 1.82) is 0 Å². The van der Waals surface area contributed by atoms with Gasteiger partial charge in [-0.1, -0.05) is 25.2 Å². The second-order valence-electron chi connectivity index (χ2n) is 4.28. The van der Waals surface area contributed by atoms with Crippen LogP contribution in [0.3, 0.4) is 0 Å². The Labute approximate surface area is 102 Å². The molecule has 90 valence electrons. The summed E-state index contributed by atoms with van der Waals surface area (Å²) in [6, 6.07) is 5.53. The number of carbonyl (C=O) groups is 1. The second kappa shape index (κ2) is 5.52. The number of azide groups is 1. The first-order valence-corrected chi connectivity index (χ1v) is 8.27. The van der Waals surface area contributed by atoms with E-state index in [2.05, 4.69) is 23.1 Å². The Hall–Kier alpha value is -1.78. The molecule has 0 bridgehead atoms. The van der Waals surface area contributed by atoms with Crippen molar-refractivity contribution < 1.29 is 4.79 Å². The van der Waals surface area contributed by atoms with E-state index in [-0.39, 0.29) is 0 Å². The Kier molecular flexibility index (Phi) is 4.31. The van der Waals surface area contributed by atoms with Gasteiger partial charge in [-0.05, 0) is 21.9 Å². The maximum atomic E-state index is 11.7. The molecular formula is C11H16N4OSi. The molecule has 0 fully saturated rings. The molecule has 0 saturated heterocycles. The molecule has 0 spiro atoms. The molecule has 1 aromatic carbocycles. The van der Waals surface area contributed by atoms with Gasteiger partial charge in [0.15, 0.2) is 0 Å². The van der Waals surface area contributed by atoms with Crippen LogP contribution in [0.15, 0.2) is 23.3 Å². The van der Waals surface area contributed by atoms with Crippen molar-refractivity contribution in [3.8, 4) is 0 Å². The molecular weight excluding hydrogens is 232 g/mol. The molecule has 5 nitrogen and oxygen atoms in total. The zero-order chi connectivity index (χ0) is 13.0. The molecule has 0 heterocycles. The van der Waals surface area contributed by atoms with Gasteiger partial charge in [-0.2, -0.15) is 0 Å². The fourth-order valence-corrected chi connectivity index (χ4v) is 3.62. The number of anilines is 1. The maximum absolute atomic E-state index is 11.7. The molecule has 17 heavy (non-hydrogen) atoms. The summed E-state index contributed by atoms with van der Waals surface area (Å²) in [5, 5.41) is 4.23. The zero-order valence-corrected chi connectivity index (χ0v) is 11.7. The predicted molar refractivity (Wildman–Crippen MR) is 72.8 cm³/mol. The van der Waals surface area contributed by atoms with Gasteiger partial charge in [-0.15, -0.1) is 0 Å². The largest absolute Gasteiger partial charge is 0.378 e. The van der Waals surface area contributed by atoms with Gasteiger partial charge in [0.05, 0.1) is 8.80 Å². The molecule has 0 radical (unpaired) electrons. The summed E-state index contributed by atoms with van der Waals surface area (Å²) in [7, 11) is 2.69. The minimum Gasteiger partial charge on any atom is -0.378 e. The van der Waals surface area contributed by atoms with Crippen molar-refractivity contribution in [3.63, 3.8) is 0 Å². The molecule has 0 saturated carbocycles. The average Bonchev–Trinajstić information content (AvgIpc) is 2.28. The Bertz CT molecular complexity index is 478. The molecule has 0 atom stereocenters. The standard InChI is InChI=1S/C11H16N4OSi/c1-15(2)9-7-5-6-8(10(9)17(3)4)11(16)13-14-12/h5-7,17H,1-4H3. The van der Waals surface area contributed by atoms with E-state index in [0.717, 1.165) is 10.9 Å². The van der Waals surface area contributed by atoms with Crippen LogP contribution in [0.25, 0.3) is 10.4 Å². The number of rotatable bonds is 3. The van der Waals surface area contributed by atoms with E-state index in [1.807, 2.05) is 31.1 Å². The number of hydrogen-bond acceptors (Lipinski definition) is 2. The van der Waals surface area contributed by atoms with Crippen LogP contribution in [0.1, 0.15) is 10.4 Å². The van der Waals surface area contributed by atoms with Crippen LogP contribution in [-0.4, -0.2) is 28.8 Å². The highest BCUT2D eigenvalue weighted by Crippen LogP contribution is 2.13. The number of benzene rings is 1. The van der Waals surface area contributed by atoms with Crippen molar-refractivity contribution in [2.75, 3.05) is 19.0 Å². The highest BCUT2D eigenvalue weighted by Gasteiger charge is 2.17. The summed E-state index contributed by atoms with van der Waals surface area (Å²) in [5.41, 5.74) is 9.92. The van der Waals surface area contributed by atoms with E-state index in [4.69, 9.17) is 5.53 Å². The minimum atomic E-state index is -1.19. The molecule has 6 heteroatoms. The predicted octanol–water partition coefficient (Wildman–Crippen LogP) is 1.90. The fourth-order valence-electron chi connectivity index (χ4n) is 1.83. The Morgan fingerprint density at radius 2 is 2.06 bits per heavy atom. The lowest BCUT2D eigenvalue weighted by Gasteiger charge is -2.21. The average molecular weight is 248 g/mol.